The van der Waals surface area contributed by atoms with E-state index in [1.807, 2.05) is 31.2 Å². The first-order chi connectivity index (χ1) is 19.2. The molecular formula is C31H37FN2O6. The van der Waals surface area contributed by atoms with Crippen LogP contribution in [0.15, 0.2) is 47.0 Å². The number of carbonyl (C=O) groups excluding carboxylic acids is 1. The number of aromatic nitrogens is 1. The van der Waals surface area contributed by atoms with Crippen LogP contribution in [0.5, 0.6) is 0 Å². The first-order valence-corrected chi connectivity index (χ1v) is 14.1. The third-order valence-corrected chi connectivity index (χ3v) is 8.07. The number of benzene rings is 1. The molecule has 2 aromatic heterocycles. The summed E-state index contributed by atoms with van der Waals surface area (Å²) < 4.78 is 20.2. The SMILES string of the molecule is Cc1cc2cc(F)cc(C3CCN(CCC(C(=O)C4CCCCC4)c4ccccn4)CC3)c2o1.O=C(O)C(=O)O. The number of carboxylic acids is 2. The Hall–Kier alpha value is -3.59. The molecule has 1 atom stereocenters. The first kappa shape index (κ1) is 29.4. The van der Waals surface area contributed by atoms with Gasteiger partial charge in [0.15, 0.2) is 0 Å². The number of hydrogen-bond acceptors (Lipinski definition) is 6. The minimum Gasteiger partial charge on any atom is -0.473 e. The minimum absolute atomic E-state index is 0.115. The van der Waals surface area contributed by atoms with Gasteiger partial charge in [-0.3, -0.25) is 9.78 Å². The van der Waals surface area contributed by atoms with Crippen LogP contribution in [0.2, 0.25) is 0 Å². The number of piperidine rings is 1. The summed E-state index contributed by atoms with van der Waals surface area (Å²) in [5.74, 6) is -2.24. The second-order valence-corrected chi connectivity index (χ2v) is 10.8. The number of pyridine rings is 1. The van der Waals surface area contributed by atoms with Crippen molar-refractivity contribution in [3.05, 3.63) is 65.4 Å². The fraction of sp³-hybridized carbons (Fsp3) is 0.484. The molecule has 40 heavy (non-hydrogen) atoms. The number of Topliss-reactive ketones (excluding diaryl/α,β-unsaturated/α-hetero) is 1. The number of carbonyl (C=O) groups is 3. The molecule has 0 bridgehead atoms. The quantitative estimate of drug-likeness (QED) is 0.346. The van der Waals surface area contributed by atoms with Crippen LogP contribution >= 0.6 is 0 Å². The molecule has 1 saturated carbocycles. The fourth-order valence-corrected chi connectivity index (χ4v) is 6.04. The van der Waals surface area contributed by atoms with Gasteiger partial charge in [0.1, 0.15) is 22.9 Å². The van der Waals surface area contributed by atoms with Crippen molar-refractivity contribution in [2.75, 3.05) is 19.6 Å². The highest BCUT2D eigenvalue weighted by Crippen LogP contribution is 2.36. The Morgan fingerprint density at radius 2 is 1.73 bits per heavy atom. The molecule has 8 nitrogen and oxygen atoms in total. The Bertz CT molecular complexity index is 1300. The largest absolute Gasteiger partial charge is 0.473 e. The van der Waals surface area contributed by atoms with Crippen LogP contribution in [0.4, 0.5) is 4.39 Å². The molecule has 1 saturated heterocycles. The van der Waals surface area contributed by atoms with E-state index in [0.29, 0.717) is 11.7 Å². The van der Waals surface area contributed by atoms with Gasteiger partial charge < -0.3 is 19.5 Å². The predicted octanol–water partition coefficient (Wildman–Crippen LogP) is 5.93. The van der Waals surface area contributed by atoms with E-state index >= 15 is 0 Å². The van der Waals surface area contributed by atoms with Crippen LogP contribution < -0.4 is 0 Å². The number of ketones is 1. The van der Waals surface area contributed by atoms with Gasteiger partial charge in [-0.1, -0.05) is 25.3 Å². The lowest BCUT2D eigenvalue weighted by Crippen LogP contribution is -2.35. The van der Waals surface area contributed by atoms with Crippen LogP contribution in [-0.2, 0) is 14.4 Å². The molecule has 1 aliphatic heterocycles. The van der Waals surface area contributed by atoms with Crippen LogP contribution in [0.25, 0.3) is 11.0 Å². The minimum atomic E-state index is -1.82. The molecular weight excluding hydrogens is 515 g/mol. The average molecular weight is 553 g/mol. The molecule has 9 heteroatoms. The van der Waals surface area contributed by atoms with Crippen molar-refractivity contribution in [1.29, 1.82) is 0 Å². The molecule has 214 valence electrons. The molecule has 0 radical (unpaired) electrons. The van der Waals surface area contributed by atoms with Crippen molar-refractivity contribution in [3.63, 3.8) is 0 Å². The maximum absolute atomic E-state index is 14.2. The van der Waals surface area contributed by atoms with E-state index in [4.69, 9.17) is 24.2 Å². The van der Waals surface area contributed by atoms with Gasteiger partial charge in [-0.2, -0.15) is 0 Å². The highest BCUT2D eigenvalue weighted by atomic mass is 19.1. The standard InChI is InChI=1S/C29H35FN2O2.C2H2O4/c1-20-17-23-18-24(30)19-26(29(23)34-20)21-10-14-32(15-11-21)16-12-25(27-9-5-6-13-31-27)28(33)22-7-3-2-4-8-22;3-1(4)2(5)6/h5-6,9,13,17-19,21-22,25H,2-4,7-8,10-12,14-16H2,1H3;(H,3,4)(H,5,6). The van der Waals surface area contributed by atoms with Crippen LogP contribution in [0.3, 0.4) is 0 Å². The fourth-order valence-electron chi connectivity index (χ4n) is 6.04. The van der Waals surface area contributed by atoms with Gasteiger partial charge in [0.25, 0.3) is 0 Å². The molecule has 2 N–H and O–H groups in total. The molecule has 2 fully saturated rings. The molecule has 1 aromatic carbocycles. The number of carboxylic acid groups (broad SMARTS) is 2. The van der Waals surface area contributed by atoms with E-state index in [2.05, 4.69) is 9.88 Å². The van der Waals surface area contributed by atoms with Crippen LogP contribution in [0, 0.1) is 18.7 Å². The Kier molecular flexibility index (Phi) is 10.0. The van der Waals surface area contributed by atoms with Crippen molar-refractivity contribution in [1.82, 2.24) is 9.88 Å². The zero-order valence-electron chi connectivity index (χ0n) is 22.9. The number of fused-ring (bicyclic) bond motifs is 1. The van der Waals surface area contributed by atoms with Gasteiger partial charge in [-0.25, -0.2) is 14.0 Å². The Balaban J connectivity index is 0.000000557. The van der Waals surface area contributed by atoms with Crippen LogP contribution in [0.1, 0.15) is 80.2 Å². The maximum atomic E-state index is 14.2. The first-order valence-electron chi connectivity index (χ1n) is 14.1. The number of rotatable bonds is 7. The summed E-state index contributed by atoms with van der Waals surface area (Å²) in [5.41, 5.74) is 2.76. The van der Waals surface area contributed by atoms with E-state index in [1.54, 1.807) is 18.3 Å². The normalized spacial score (nSPS) is 17.6. The topological polar surface area (TPSA) is 121 Å². The highest BCUT2D eigenvalue weighted by molar-refractivity contribution is 6.27. The summed E-state index contributed by atoms with van der Waals surface area (Å²) >= 11 is 0. The predicted molar refractivity (Wildman–Crippen MR) is 148 cm³/mol. The number of furan rings is 1. The molecule has 3 heterocycles. The van der Waals surface area contributed by atoms with Gasteiger partial charge >= 0.3 is 11.9 Å². The highest BCUT2D eigenvalue weighted by Gasteiger charge is 2.31. The summed E-state index contributed by atoms with van der Waals surface area (Å²) in [6, 6.07) is 11.1. The van der Waals surface area contributed by atoms with E-state index in [0.717, 1.165) is 79.7 Å². The van der Waals surface area contributed by atoms with Gasteiger partial charge in [0.2, 0.25) is 0 Å². The number of aliphatic carboxylic acids is 2. The van der Waals surface area contributed by atoms with Crippen molar-refractivity contribution < 1.29 is 33.4 Å². The lowest BCUT2D eigenvalue weighted by Gasteiger charge is -2.33. The summed E-state index contributed by atoms with van der Waals surface area (Å²) in [5, 5.41) is 15.6. The van der Waals surface area contributed by atoms with Gasteiger partial charge in [0.05, 0.1) is 11.6 Å². The second kappa shape index (κ2) is 13.7. The average Bonchev–Trinajstić information content (AvgIpc) is 3.34. The number of likely N-dealkylation sites (tertiary alicyclic amines) is 1. The number of halogens is 1. The van der Waals surface area contributed by atoms with Crippen molar-refractivity contribution >= 4 is 28.7 Å². The van der Waals surface area contributed by atoms with Gasteiger partial charge in [-0.05, 0) is 94.9 Å². The summed E-state index contributed by atoms with van der Waals surface area (Å²) in [6.45, 7) is 4.71. The number of nitrogens with zero attached hydrogens (tertiary/aromatic N) is 2. The summed E-state index contributed by atoms with van der Waals surface area (Å²) in [4.78, 5) is 38.7. The lowest BCUT2D eigenvalue weighted by molar-refractivity contribution is -0.159. The zero-order chi connectivity index (χ0) is 28.6. The molecule has 0 amide bonds. The number of aryl methyl sites for hydroxylation is 1. The van der Waals surface area contributed by atoms with E-state index in [-0.39, 0.29) is 17.7 Å². The van der Waals surface area contributed by atoms with Crippen LogP contribution in [-0.4, -0.2) is 57.5 Å². The lowest BCUT2D eigenvalue weighted by atomic mass is 9.79. The Labute approximate surface area is 233 Å². The van der Waals surface area contributed by atoms with E-state index in [1.165, 1.54) is 19.3 Å². The summed E-state index contributed by atoms with van der Waals surface area (Å²) in [6.07, 6.45) is 10.2. The van der Waals surface area contributed by atoms with Gasteiger partial charge in [0, 0.05) is 23.1 Å². The second-order valence-electron chi connectivity index (χ2n) is 10.8. The third kappa shape index (κ3) is 7.53. The van der Waals surface area contributed by atoms with Gasteiger partial charge in [-0.15, -0.1) is 0 Å². The van der Waals surface area contributed by atoms with Crippen molar-refractivity contribution in [2.24, 2.45) is 5.92 Å². The zero-order valence-corrected chi connectivity index (χ0v) is 22.9. The molecule has 0 spiro atoms. The molecule has 2 aliphatic rings. The van der Waals surface area contributed by atoms with Crippen molar-refractivity contribution in [3.8, 4) is 0 Å². The maximum Gasteiger partial charge on any atom is 0.414 e. The Morgan fingerprint density at radius 3 is 2.35 bits per heavy atom. The van der Waals surface area contributed by atoms with E-state index in [9.17, 15) is 9.18 Å². The van der Waals surface area contributed by atoms with E-state index < -0.39 is 11.9 Å². The monoisotopic (exact) mass is 552 g/mol. The molecule has 1 aliphatic carbocycles. The third-order valence-electron chi connectivity index (χ3n) is 8.07. The number of hydrogen-bond donors (Lipinski definition) is 2. The summed E-state index contributed by atoms with van der Waals surface area (Å²) in [7, 11) is 0. The Morgan fingerprint density at radius 1 is 1.02 bits per heavy atom. The smallest absolute Gasteiger partial charge is 0.414 e. The molecule has 5 rings (SSSR count). The molecule has 1 unspecified atom stereocenters. The van der Waals surface area contributed by atoms with Crippen molar-refractivity contribution in [2.45, 2.75) is 70.1 Å². The molecule has 3 aromatic rings.